The van der Waals surface area contributed by atoms with E-state index in [1.54, 1.807) is 0 Å². The smallest absolute Gasteiger partial charge is 0.0537 e. The van der Waals surface area contributed by atoms with Crippen LogP contribution >= 0.6 is 0 Å². The first-order valence-corrected chi connectivity index (χ1v) is 5.95. The molecule has 1 rings (SSSR count). The highest BCUT2D eigenvalue weighted by molar-refractivity contribution is 5.18. The Hall–Kier alpha value is -0.830. The highest BCUT2D eigenvalue weighted by Gasteiger charge is 2.08. The van der Waals surface area contributed by atoms with Crippen molar-refractivity contribution in [2.24, 2.45) is 0 Å². The van der Waals surface area contributed by atoms with Crippen molar-refractivity contribution < 1.29 is 0 Å². The molecule has 0 bridgehead atoms. The van der Waals surface area contributed by atoms with Crippen LogP contribution in [0.3, 0.4) is 0 Å². The molecule has 1 aromatic heterocycles. The van der Waals surface area contributed by atoms with Gasteiger partial charge in [0.1, 0.15) is 0 Å². The maximum Gasteiger partial charge on any atom is 0.0537 e. The van der Waals surface area contributed by atoms with Gasteiger partial charge in [-0.3, -0.25) is 4.68 Å². The molecule has 0 atom stereocenters. The van der Waals surface area contributed by atoms with Crippen molar-refractivity contribution >= 4 is 0 Å². The molecule has 15 heavy (non-hydrogen) atoms. The van der Waals surface area contributed by atoms with Crippen molar-refractivity contribution in [1.29, 1.82) is 0 Å². The Morgan fingerprint density at radius 1 is 1.40 bits per heavy atom. The van der Waals surface area contributed by atoms with Crippen molar-refractivity contribution in [3.8, 4) is 0 Å². The summed E-state index contributed by atoms with van der Waals surface area (Å²) < 4.78 is 2.11. The third kappa shape index (κ3) is 3.34. The molecule has 0 aliphatic carbocycles. The molecule has 0 saturated heterocycles. The van der Waals surface area contributed by atoms with Gasteiger partial charge in [0.05, 0.1) is 6.20 Å². The van der Waals surface area contributed by atoms with Crippen LogP contribution in [0.25, 0.3) is 0 Å². The van der Waals surface area contributed by atoms with E-state index in [2.05, 4.69) is 42.8 Å². The number of rotatable bonds is 6. The van der Waals surface area contributed by atoms with E-state index in [4.69, 9.17) is 0 Å². The minimum absolute atomic E-state index is 0.532. The number of nitrogens with zero attached hydrogens (tertiary/aromatic N) is 2. The zero-order valence-corrected chi connectivity index (χ0v) is 10.4. The van der Waals surface area contributed by atoms with Crippen molar-refractivity contribution in [3.05, 3.63) is 17.5 Å². The van der Waals surface area contributed by atoms with Crippen LogP contribution in [0.2, 0.25) is 0 Å². The average Bonchev–Trinajstić information content (AvgIpc) is 2.58. The number of hydrogen-bond donors (Lipinski definition) is 1. The fourth-order valence-electron chi connectivity index (χ4n) is 1.71. The molecule has 0 amide bonds. The van der Waals surface area contributed by atoms with Gasteiger partial charge < -0.3 is 5.32 Å². The van der Waals surface area contributed by atoms with Gasteiger partial charge in [-0.2, -0.15) is 5.10 Å². The summed E-state index contributed by atoms with van der Waals surface area (Å²) in [6.45, 7) is 10.6. The van der Waals surface area contributed by atoms with Gasteiger partial charge in [0.15, 0.2) is 0 Å². The van der Waals surface area contributed by atoms with Gasteiger partial charge in [0.2, 0.25) is 0 Å². The zero-order chi connectivity index (χ0) is 11.3. The van der Waals surface area contributed by atoms with Crippen LogP contribution in [-0.2, 0) is 19.5 Å². The van der Waals surface area contributed by atoms with E-state index < -0.39 is 0 Å². The fourth-order valence-corrected chi connectivity index (χ4v) is 1.71. The van der Waals surface area contributed by atoms with Crippen molar-refractivity contribution in [2.45, 2.75) is 59.7 Å². The predicted octanol–water partition coefficient (Wildman–Crippen LogP) is 2.35. The van der Waals surface area contributed by atoms with Gasteiger partial charge in [-0.15, -0.1) is 0 Å². The van der Waals surface area contributed by atoms with Gasteiger partial charge in [-0.1, -0.05) is 27.2 Å². The van der Waals surface area contributed by atoms with Crippen LogP contribution in [0.1, 0.15) is 45.4 Å². The van der Waals surface area contributed by atoms with E-state index in [-0.39, 0.29) is 0 Å². The van der Waals surface area contributed by atoms with Gasteiger partial charge >= 0.3 is 0 Å². The second-order valence-corrected chi connectivity index (χ2v) is 4.22. The monoisotopic (exact) mass is 209 g/mol. The molecule has 1 N–H and O–H groups in total. The van der Waals surface area contributed by atoms with E-state index in [0.29, 0.717) is 6.04 Å². The third-order valence-corrected chi connectivity index (χ3v) is 2.52. The second kappa shape index (κ2) is 5.91. The Balaban J connectivity index is 2.72. The summed E-state index contributed by atoms with van der Waals surface area (Å²) in [5, 5.41) is 7.85. The Morgan fingerprint density at radius 3 is 2.67 bits per heavy atom. The summed E-state index contributed by atoms with van der Waals surface area (Å²) in [6.07, 6.45) is 4.31. The molecule has 0 aliphatic heterocycles. The Kier molecular flexibility index (Phi) is 4.82. The van der Waals surface area contributed by atoms with Crippen LogP contribution < -0.4 is 5.32 Å². The Labute approximate surface area is 92.9 Å². The third-order valence-electron chi connectivity index (χ3n) is 2.52. The Morgan fingerprint density at radius 2 is 2.13 bits per heavy atom. The van der Waals surface area contributed by atoms with Crippen LogP contribution in [-0.4, -0.2) is 15.8 Å². The van der Waals surface area contributed by atoms with Gasteiger partial charge in [0.25, 0.3) is 0 Å². The number of hydrogen-bond acceptors (Lipinski definition) is 2. The molecule has 86 valence electrons. The lowest BCUT2D eigenvalue weighted by atomic mass is 10.1. The predicted molar refractivity (Wildman–Crippen MR) is 63.9 cm³/mol. The molecule has 1 aromatic rings. The van der Waals surface area contributed by atoms with Gasteiger partial charge in [-0.05, 0) is 13.3 Å². The number of aryl methyl sites for hydroxylation is 1. The van der Waals surface area contributed by atoms with Crippen molar-refractivity contribution in [3.63, 3.8) is 0 Å². The normalized spacial score (nSPS) is 11.3. The van der Waals surface area contributed by atoms with Crippen LogP contribution in [0.4, 0.5) is 0 Å². The van der Waals surface area contributed by atoms with E-state index >= 15 is 0 Å². The molecular weight excluding hydrogens is 186 g/mol. The molecule has 0 unspecified atom stereocenters. The van der Waals surface area contributed by atoms with Crippen molar-refractivity contribution in [1.82, 2.24) is 15.1 Å². The minimum Gasteiger partial charge on any atom is -0.310 e. The van der Waals surface area contributed by atoms with Crippen LogP contribution in [0.15, 0.2) is 6.20 Å². The van der Waals surface area contributed by atoms with Crippen LogP contribution in [0.5, 0.6) is 0 Å². The zero-order valence-electron chi connectivity index (χ0n) is 10.4. The number of nitrogens with one attached hydrogen (secondary N) is 1. The summed E-state index contributed by atoms with van der Waals surface area (Å²) in [5.41, 5.74) is 2.75. The molecule has 0 radical (unpaired) electrons. The van der Waals surface area contributed by atoms with Gasteiger partial charge in [-0.25, -0.2) is 0 Å². The summed E-state index contributed by atoms with van der Waals surface area (Å²) >= 11 is 0. The van der Waals surface area contributed by atoms with E-state index in [9.17, 15) is 0 Å². The van der Waals surface area contributed by atoms with E-state index in [1.165, 1.54) is 17.7 Å². The lowest BCUT2D eigenvalue weighted by Gasteiger charge is -2.09. The molecule has 3 heteroatoms. The standard InChI is InChI=1S/C12H23N3/c1-5-7-12-11(8-13-10(3)4)9-14-15(12)6-2/h9-10,13H,5-8H2,1-4H3. The summed E-state index contributed by atoms with van der Waals surface area (Å²) in [4.78, 5) is 0. The van der Waals surface area contributed by atoms with E-state index in [1.807, 2.05) is 6.20 Å². The van der Waals surface area contributed by atoms with Crippen molar-refractivity contribution in [2.75, 3.05) is 0 Å². The summed E-state index contributed by atoms with van der Waals surface area (Å²) in [7, 11) is 0. The minimum atomic E-state index is 0.532. The SMILES string of the molecule is CCCc1c(CNC(C)C)cnn1CC. The highest BCUT2D eigenvalue weighted by Crippen LogP contribution is 2.11. The largest absolute Gasteiger partial charge is 0.310 e. The number of aromatic nitrogens is 2. The van der Waals surface area contributed by atoms with Gasteiger partial charge in [0, 0.05) is 30.4 Å². The molecule has 0 fully saturated rings. The second-order valence-electron chi connectivity index (χ2n) is 4.22. The molecular formula is C12H23N3. The molecule has 3 nitrogen and oxygen atoms in total. The van der Waals surface area contributed by atoms with Crippen LogP contribution in [0, 0.1) is 0 Å². The maximum absolute atomic E-state index is 4.41. The average molecular weight is 209 g/mol. The quantitative estimate of drug-likeness (QED) is 0.779. The lowest BCUT2D eigenvalue weighted by Crippen LogP contribution is -2.22. The molecule has 1 heterocycles. The fraction of sp³-hybridized carbons (Fsp3) is 0.750. The lowest BCUT2D eigenvalue weighted by molar-refractivity contribution is 0.577. The topological polar surface area (TPSA) is 29.9 Å². The highest BCUT2D eigenvalue weighted by atomic mass is 15.3. The summed E-state index contributed by atoms with van der Waals surface area (Å²) in [5.74, 6) is 0. The summed E-state index contributed by atoms with van der Waals surface area (Å²) in [6, 6.07) is 0.532. The first-order valence-electron chi connectivity index (χ1n) is 5.95. The molecule has 0 aromatic carbocycles. The maximum atomic E-state index is 4.41. The first kappa shape index (κ1) is 12.2. The molecule has 0 aliphatic rings. The molecule has 0 saturated carbocycles. The van der Waals surface area contributed by atoms with E-state index in [0.717, 1.165) is 19.5 Å². The Bertz CT molecular complexity index is 289. The first-order chi connectivity index (χ1) is 7.19. The molecule has 0 spiro atoms.